The van der Waals surface area contributed by atoms with Crippen LogP contribution in [0.5, 0.6) is 0 Å². The number of aliphatic hydroxyl groups is 2. The van der Waals surface area contributed by atoms with Gasteiger partial charge in [0.15, 0.2) is 0 Å². The summed E-state index contributed by atoms with van der Waals surface area (Å²) in [4.78, 5) is 0. The molecule has 0 radical (unpaired) electrons. The average molecular weight is 208 g/mol. The maximum absolute atomic E-state index is 10.0. The van der Waals surface area contributed by atoms with E-state index in [-0.39, 0.29) is 18.6 Å². The largest absolute Gasteiger partial charge is 0.392 e. The van der Waals surface area contributed by atoms with E-state index < -0.39 is 6.10 Å². The molecule has 1 fully saturated rings. The molecule has 1 heterocycles. The summed E-state index contributed by atoms with van der Waals surface area (Å²) < 4.78 is 5.16. The first kappa shape index (κ1) is 10.6. The van der Waals surface area contributed by atoms with E-state index >= 15 is 0 Å². The predicted molar refractivity (Wildman–Crippen MR) is 56.2 cm³/mol. The minimum atomic E-state index is -0.481. The predicted octanol–water partition coefficient (Wildman–Crippen LogP) is 1.25. The van der Waals surface area contributed by atoms with E-state index in [1.165, 1.54) is 0 Å². The van der Waals surface area contributed by atoms with Crippen LogP contribution in [0.4, 0.5) is 0 Å². The molecule has 2 N–H and O–H groups in total. The van der Waals surface area contributed by atoms with Gasteiger partial charge in [0.05, 0.1) is 25.4 Å². The summed E-state index contributed by atoms with van der Waals surface area (Å²) in [5.41, 5.74) is 1.75. The van der Waals surface area contributed by atoms with Gasteiger partial charge in [0, 0.05) is 5.92 Å². The van der Waals surface area contributed by atoms with E-state index in [2.05, 4.69) is 0 Å². The number of aliphatic hydroxyl groups excluding tert-OH is 2. The third-order valence-corrected chi connectivity index (χ3v) is 2.95. The van der Waals surface area contributed by atoms with Crippen LogP contribution in [0, 0.1) is 5.92 Å². The van der Waals surface area contributed by atoms with E-state index in [1.807, 2.05) is 31.2 Å². The Labute approximate surface area is 89.3 Å². The summed E-state index contributed by atoms with van der Waals surface area (Å²) in [6, 6.07) is 7.38. The first-order valence-corrected chi connectivity index (χ1v) is 5.21. The van der Waals surface area contributed by atoms with Crippen molar-refractivity contribution >= 4 is 0 Å². The minimum Gasteiger partial charge on any atom is -0.392 e. The van der Waals surface area contributed by atoms with Gasteiger partial charge in [-0.3, -0.25) is 0 Å². The van der Waals surface area contributed by atoms with Crippen LogP contribution < -0.4 is 0 Å². The Morgan fingerprint density at radius 2 is 2.00 bits per heavy atom. The molecule has 0 unspecified atom stereocenters. The van der Waals surface area contributed by atoms with Crippen LogP contribution in [0.3, 0.4) is 0 Å². The van der Waals surface area contributed by atoms with Crippen molar-refractivity contribution in [3.8, 4) is 0 Å². The van der Waals surface area contributed by atoms with Crippen molar-refractivity contribution in [2.75, 3.05) is 6.61 Å². The zero-order valence-electron chi connectivity index (χ0n) is 8.76. The van der Waals surface area contributed by atoms with Crippen LogP contribution in [0.1, 0.15) is 24.2 Å². The average Bonchev–Trinajstić information content (AvgIpc) is 3.11. The van der Waals surface area contributed by atoms with Crippen molar-refractivity contribution in [3.05, 3.63) is 35.4 Å². The molecule has 0 aliphatic carbocycles. The lowest BCUT2D eigenvalue weighted by atomic mass is 9.94. The van der Waals surface area contributed by atoms with Gasteiger partial charge in [-0.05, 0) is 11.1 Å². The summed E-state index contributed by atoms with van der Waals surface area (Å²) >= 11 is 0. The number of ether oxygens (including phenoxy) is 1. The van der Waals surface area contributed by atoms with E-state index in [0.717, 1.165) is 17.7 Å². The molecule has 82 valence electrons. The molecule has 0 saturated carbocycles. The van der Waals surface area contributed by atoms with Gasteiger partial charge in [-0.2, -0.15) is 0 Å². The molecule has 0 aromatic heterocycles. The van der Waals surface area contributed by atoms with Crippen LogP contribution in [-0.4, -0.2) is 22.9 Å². The Morgan fingerprint density at radius 1 is 1.40 bits per heavy atom. The van der Waals surface area contributed by atoms with Gasteiger partial charge in [-0.1, -0.05) is 31.2 Å². The fourth-order valence-corrected chi connectivity index (χ4v) is 1.69. The molecule has 3 heteroatoms. The molecule has 15 heavy (non-hydrogen) atoms. The lowest BCUT2D eigenvalue weighted by Gasteiger charge is -2.17. The highest BCUT2D eigenvalue weighted by Crippen LogP contribution is 2.31. The first-order valence-electron chi connectivity index (χ1n) is 5.21. The SMILES string of the molecule is C[C@@H]([C@H]1CO1)[C@@H](O)c1ccc(CO)cc1. The smallest absolute Gasteiger partial charge is 0.0863 e. The summed E-state index contributed by atoms with van der Waals surface area (Å²) in [5, 5.41) is 18.9. The monoisotopic (exact) mass is 208 g/mol. The Morgan fingerprint density at radius 3 is 2.47 bits per heavy atom. The van der Waals surface area contributed by atoms with Crippen molar-refractivity contribution in [2.45, 2.75) is 25.7 Å². The van der Waals surface area contributed by atoms with Crippen LogP contribution in [0.15, 0.2) is 24.3 Å². The van der Waals surface area contributed by atoms with E-state index in [0.29, 0.717) is 0 Å². The highest BCUT2D eigenvalue weighted by molar-refractivity contribution is 5.24. The van der Waals surface area contributed by atoms with Crippen LogP contribution in [-0.2, 0) is 11.3 Å². The highest BCUT2D eigenvalue weighted by atomic mass is 16.6. The lowest BCUT2D eigenvalue weighted by Crippen LogP contribution is -2.14. The molecule has 1 aliphatic rings. The molecule has 3 nitrogen and oxygen atoms in total. The fourth-order valence-electron chi connectivity index (χ4n) is 1.69. The molecule has 0 spiro atoms. The molecule has 1 aliphatic heterocycles. The summed E-state index contributed by atoms with van der Waals surface area (Å²) in [7, 11) is 0. The molecule has 2 rings (SSSR count). The second-order valence-corrected chi connectivity index (χ2v) is 4.08. The Kier molecular flexibility index (Phi) is 3.05. The molecule has 1 aromatic rings. The van der Waals surface area contributed by atoms with Gasteiger partial charge in [-0.15, -0.1) is 0 Å². The molecule has 0 amide bonds. The molecule has 0 bridgehead atoms. The van der Waals surface area contributed by atoms with Crippen molar-refractivity contribution in [1.29, 1.82) is 0 Å². The van der Waals surface area contributed by atoms with Crippen molar-refractivity contribution in [2.24, 2.45) is 5.92 Å². The number of hydrogen-bond acceptors (Lipinski definition) is 3. The highest BCUT2D eigenvalue weighted by Gasteiger charge is 2.34. The molecule has 3 atom stereocenters. The number of hydrogen-bond donors (Lipinski definition) is 2. The third kappa shape index (κ3) is 2.37. The Balaban J connectivity index is 2.07. The van der Waals surface area contributed by atoms with Gasteiger partial charge in [-0.25, -0.2) is 0 Å². The van der Waals surface area contributed by atoms with Crippen LogP contribution in [0.25, 0.3) is 0 Å². The summed E-state index contributed by atoms with van der Waals surface area (Å²) in [6.45, 7) is 2.78. The van der Waals surface area contributed by atoms with E-state index in [1.54, 1.807) is 0 Å². The molecular weight excluding hydrogens is 192 g/mol. The second-order valence-electron chi connectivity index (χ2n) is 4.08. The van der Waals surface area contributed by atoms with E-state index in [9.17, 15) is 5.11 Å². The fraction of sp³-hybridized carbons (Fsp3) is 0.500. The third-order valence-electron chi connectivity index (χ3n) is 2.95. The lowest BCUT2D eigenvalue weighted by molar-refractivity contribution is 0.0991. The topological polar surface area (TPSA) is 53.0 Å². The summed E-state index contributed by atoms with van der Waals surface area (Å²) in [5.74, 6) is 0.130. The number of benzene rings is 1. The van der Waals surface area contributed by atoms with Crippen molar-refractivity contribution < 1.29 is 14.9 Å². The van der Waals surface area contributed by atoms with Crippen molar-refractivity contribution in [1.82, 2.24) is 0 Å². The second kappa shape index (κ2) is 4.31. The zero-order chi connectivity index (χ0) is 10.8. The number of epoxide rings is 1. The zero-order valence-corrected chi connectivity index (χ0v) is 8.76. The van der Waals surface area contributed by atoms with Gasteiger partial charge in [0.25, 0.3) is 0 Å². The van der Waals surface area contributed by atoms with Crippen molar-refractivity contribution in [3.63, 3.8) is 0 Å². The Bertz CT molecular complexity index is 316. The molecular formula is C12H16O3. The number of rotatable bonds is 4. The molecule has 1 saturated heterocycles. The van der Waals surface area contributed by atoms with E-state index in [4.69, 9.17) is 9.84 Å². The minimum absolute atomic E-state index is 0.0394. The quantitative estimate of drug-likeness (QED) is 0.732. The normalized spacial score (nSPS) is 23.5. The van der Waals surface area contributed by atoms with Crippen LogP contribution in [0.2, 0.25) is 0 Å². The standard InChI is InChI=1S/C12H16O3/c1-8(11-7-15-11)12(14)10-4-2-9(6-13)3-5-10/h2-5,8,11-14H,6-7H2,1H3/t8-,11+,12+/m0/s1. The first-order chi connectivity index (χ1) is 7.22. The van der Waals surface area contributed by atoms with Gasteiger partial charge in [0.2, 0.25) is 0 Å². The Hall–Kier alpha value is -0.900. The maximum atomic E-state index is 10.0. The molecule has 1 aromatic carbocycles. The maximum Gasteiger partial charge on any atom is 0.0863 e. The van der Waals surface area contributed by atoms with Gasteiger partial charge >= 0.3 is 0 Å². The van der Waals surface area contributed by atoms with Gasteiger partial charge in [0.1, 0.15) is 0 Å². The van der Waals surface area contributed by atoms with Crippen LogP contribution >= 0.6 is 0 Å². The van der Waals surface area contributed by atoms with Gasteiger partial charge < -0.3 is 14.9 Å². The summed E-state index contributed by atoms with van der Waals surface area (Å²) in [6.07, 6.45) is -0.275.